The van der Waals surface area contributed by atoms with Crippen LogP contribution < -0.4 is 29.9 Å². The molecule has 18 heteroatoms. The van der Waals surface area contributed by atoms with Gasteiger partial charge in [-0.15, -0.1) is 0 Å². The van der Waals surface area contributed by atoms with Gasteiger partial charge in [0.1, 0.15) is 23.1 Å². The Bertz CT molecular complexity index is 3510. The number of nitrogens with one attached hydrogen (secondary N) is 2. The molecule has 4 N–H and O–H groups in total. The molecule has 10 rings (SSSR count). The largest absolute Gasteiger partial charge is 0.495 e. The third-order valence-corrected chi connectivity index (χ3v) is 15.6. The number of halogens is 4. The monoisotopic (exact) mass is 1110 g/mol. The number of ether oxygens (including phenoxy) is 2. The zero-order valence-corrected chi connectivity index (χ0v) is 44.6. The van der Waals surface area contributed by atoms with Crippen molar-refractivity contribution >= 4 is 81.5 Å². The van der Waals surface area contributed by atoms with Crippen molar-refractivity contribution in [3.8, 4) is 11.5 Å². The molecule has 2 atom stereocenters. The third-order valence-electron chi connectivity index (χ3n) is 14.9. The fourth-order valence-electron chi connectivity index (χ4n) is 10.9. The topological polar surface area (TPSA) is 192 Å². The molecule has 406 valence electrons. The summed E-state index contributed by atoms with van der Waals surface area (Å²) >= 11 is 12.2. The molecule has 0 aromatic heterocycles. The summed E-state index contributed by atoms with van der Waals surface area (Å²) in [5, 5.41) is 24.6. The van der Waals surface area contributed by atoms with Crippen LogP contribution in [0.15, 0.2) is 145 Å². The zero-order chi connectivity index (χ0) is 56.2. The predicted molar refractivity (Wildman–Crippen MR) is 297 cm³/mol. The summed E-state index contributed by atoms with van der Waals surface area (Å²) in [6.45, 7) is 2.90. The molecule has 0 saturated heterocycles. The number of carboxylic acids is 2. The number of hydrogen-bond donors (Lipinski definition) is 4. The molecule has 2 spiro atoms. The molecule has 2 aliphatic carbocycles. The van der Waals surface area contributed by atoms with Crippen LogP contribution >= 0.6 is 23.2 Å². The first kappa shape index (κ1) is 55.4. The van der Waals surface area contributed by atoms with Gasteiger partial charge < -0.3 is 40.1 Å². The number of rotatable bonds is 11. The highest BCUT2D eigenvalue weighted by molar-refractivity contribution is 6.35. The fourth-order valence-corrected chi connectivity index (χ4v) is 11.3. The van der Waals surface area contributed by atoms with E-state index in [0.29, 0.717) is 91.0 Å². The average molecular weight is 1110 g/mol. The Labute approximate surface area is 464 Å². The maximum Gasteiger partial charge on any atom is 0.331 e. The van der Waals surface area contributed by atoms with Gasteiger partial charge >= 0.3 is 11.9 Å². The van der Waals surface area contributed by atoms with Crippen LogP contribution in [0.5, 0.6) is 11.5 Å². The lowest BCUT2D eigenvalue weighted by atomic mass is 9.79. The number of fused-ring (bicyclic) bond motifs is 2. The second-order valence-corrected chi connectivity index (χ2v) is 20.7. The van der Waals surface area contributed by atoms with E-state index in [1.54, 1.807) is 53.1 Å². The first-order chi connectivity index (χ1) is 37.9. The van der Waals surface area contributed by atoms with Crippen LogP contribution in [-0.2, 0) is 22.4 Å². The van der Waals surface area contributed by atoms with Crippen molar-refractivity contribution in [3.05, 3.63) is 200 Å². The molecule has 79 heavy (non-hydrogen) atoms. The van der Waals surface area contributed by atoms with Crippen LogP contribution in [0.3, 0.4) is 0 Å². The summed E-state index contributed by atoms with van der Waals surface area (Å²) in [6, 6.07) is 31.9. The molecular weight excluding hydrogens is 1060 g/mol. The molecule has 6 aromatic carbocycles. The third kappa shape index (κ3) is 12.1. The SMILES string of the molecule is CCOc1cc(C(=O)N2CC[C@]3(C=C(C(=O)O)CC3)Cc3ccccc32)ccc1NC(=O)c1cc(F)ccc1Cl.COc1cc(C(=O)N2CC[C@]3(C=C(C(=O)O)CC3)Cc3ccccc32)ccc1NC(=O)c1cc(F)ccc1Cl. The van der Waals surface area contributed by atoms with Gasteiger partial charge in [-0.2, -0.15) is 0 Å². The molecule has 2 heterocycles. The van der Waals surface area contributed by atoms with Crippen molar-refractivity contribution in [1.29, 1.82) is 0 Å². The number of aliphatic carboxylic acids is 2. The highest BCUT2D eigenvalue weighted by Gasteiger charge is 2.41. The second kappa shape index (κ2) is 23.3. The lowest BCUT2D eigenvalue weighted by molar-refractivity contribution is -0.133. The van der Waals surface area contributed by atoms with Gasteiger partial charge in [-0.25, -0.2) is 18.4 Å². The van der Waals surface area contributed by atoms with Gasteiger partial charge in [0.2, 0.25) is 0 Å². The Balaban J connectivity index is 0.000000192. The van der Waals surface area contributed by atoms with Gasteiger partial charge in [-0.1, -0.05) is 71.8 Å². The molecule has 0 unspecified atom stereocenters. The van der Waals surface area contributed by atoms with E-state index in [9.17, 15) is 47.8 Å². The number of allylic oxidation sites excluding steroid dienone is 2. The van der Waals surface area contributed by atoms with E-state index in [1.807, 2.05) is 60.7 Å². The molecule has 0 fully saturated rings. The van der Waals surface area contributed by atoms with Crippen molar-refractivity contribution < 1.29 is 57.2 Å². The number of carbonyl (C=O) groups is 6. The quantitative estimate of drug-likeness (QED) is 0.0970. The van der Waals surface area contributed by atoms with Gasteiger partial charge in [0.15, 0.2) is 0 Å². The fraction of sp³-hybridized carbons (Fsp3) is 0.246. The minimum Gasteiger partial charge on any atom is -0.495 e. The van der Waals surface area contributed by atoms with Crippen molar-refractivity contribution in [2.24, 2.45) is 10.8 Å². The molecule has 4 amide bonds. The lowest BCUT2D eigenvalue weighted by Crippen LogP contribution is -2.33. The summed E-state index contributed by atoms with van der Waals surface area (Å²) in [6.07, 6.45) is 8.80. The summed E-state index contributed by atoms with van der Waals surface area (Å²) < 4.78 is 38.6. The molecule has 0 radical (unpaired) electrons. The highest BCUT2D eigenvalue weighted by atomic mass is 35.5. The van der Waals surface area contributed by atoms with Crippen molar-refractivity contribution in [1.82, 2.24) is 0 Å². The highest BCUT2D eigenvalue weighted by Crippen LogP contribution is 2.48. The van der Waals surface area contributed by atoms with Crippen molar-refractivity contribution in [2.75, 3.05) is 47.2 Å². The normalized spacial score (nSPS) is 18.2. The van der Waals surface area contributed by atoms with E-state index in [1.165, 1.54) is 25.3 Å². The molecule has 0 bridgehead atoms. The number of carbonyl (C=O) groups excluding carboxylic acids is 4. The van der Waals surface area contributed by atoms with E-state index in [4.69, 9.17) is 32.7 Å². The first-order valence-electron chi connectivity index (χ1n) is 25.6. The Morgan fingerprint density at radius 2 is 1.01 bits per heavy atom. The molecule has 0 saturated carbocycles. The molecule has 6 aromatic rings. The van der Waals surface area contributed by atoms with E-state index < -0.39 is 35.4 Å². The maximum atomic E-state index is 13.9. The second-order valence-electron chi connectivity index (χ2n) is 19.9. The van der Waals surface area contributed by atoms with Gasteiger partial charge in [-0.05, 0) is 165 Å². The summed E-state index contributed by atoms with van der Waals surface area (Å²) in [4.78, 5) is 80.0. The van der Waals surface area contributed by atoms with E-state index in [0.717, 1.165) is 53.5 Å². The molecule has 4 aliphatic rings. The number of amides is 4. The van der Waals surface area contributed by atoms with Crippen molar-refractivity contribution in [3.63, 3.8) is 0 Å². The molecule has 2 aliphatic heterocycles. The van der Waals surface area contributed by atoms with Crippen LogP contribution in [0.2, 0.25) is 10.0 Å². The number of carboxylic acid groups (broad SMARTS) is 2. The molecular formula is C61H54Cl2F2N4O10. The van der Waals surface area contributed by atoms with Crippen LogP contribution in [0.1, 0.15) is 98.0 Å². The number of methoxy groups -OCH3 is 1. The van der Waals surface area contributed by atoms with Crippen LogP contribution in [0.4, 0.5) is 31.5 Å². The smallest absolute Gasteiger partial charge is 0.331 e. The average Bonchev–Trinajstić information content (AvgIpc) is 4.22. The van der Waals surface area contributed by atoms with Gasteiger partial charge in [-0.3, -0.25) is 19.2 Å². The van der Waals surface area contributed by atoms with E-state index in [-0.39, 0.29) is 56.2 Å². The van der Waals surface area contributed by atoms with Crippen LogP contribution in [0.25, 0.3) is 0 Å². The Morgan fingerprint density at radius 1 is 0.582 bits per heavy atom. The lowest BCUT2D eigenvalue weighted by Gasteiger charge is -2.26. The standard InChI is InChI=1S/C31H28ClFN2O5.C30H26ClFN2O5/c1-2-40-27-15-19(7-10-25(27)34-28(36)23-16-22(33)8-9-24(23)32)29(37)35-14-13-31(12-11-21(18-31)30(38)39)17-20-5-3-4-6-26(20)35;1-39-26-14-18(6-9-24(26)33-27(35)22-15-21(32)7-8-23(22)31)28(36)34-13-12-30(11-10-20(17-30)29(37)38)16-19-4-2-3-5-25(19)34/h3-10,15-16,18H,2,11-14,17H2,1H3,(H,34,36)(H,38,39);2-9,14-15,17H,10-13,16H2,1H3,(H,33,35)(H,37,38)/t31-;30-/m00/s1. The van der Waals surface area contributed by atoms with E-state index >= 15 is 0 Å². The minimum absolute atomic E-state index is 0.0219. The Morgan fingerprint density at radius 3 is 1.43 bits per heavy atom. The van der Waals surface area contributed by atoms with Gasteiger partial charge in [0.25, 0.3) is 23.6 Å². The van der Waals surface area contributed by atoms with E-state index in [2.05, 4.69) is 10.6 Å². The predicted octanol–water partition coefficient (Wildman–Crippen LogP) is 12.6. The molecule has 14 nitrogen and oxygen atoms in total. The first-order valence-corrected chi connectivity index (χ1v) is 26.3. The van der Waals surface area contributed by atoms with Crippen LogP contribution in [-0.4, -0.2) is 72.6 Å². The number of hydrogen-bond acceptors (Lipinski definition) is 8. The summed E-state index contributed by atoms with van der Waals surface area (Å²) in [7, 11) is 1.42. The number of anilines is 4. The van der Waals surface area contributed by atoms with Crippen LogP contribution in [0, 0.1) is 22.5 Å². The zero-order valence-electron chi connectivity index (χ0n) is 43.0. The van der Waals surface area contributed by atoms with Gasteiger partial charge in [0.05, 0.1) is 46.3 Å². The number of benzene rings is 6. The Hall–Kier alpha value is -8.34. The minimum atomic E-state index is -0.892. The number of nitrogens with zero attached hydrogens (tertiary/aromatic N) is 2. The van der Waals surface area contributed by atoms with Crippen molar-refractivity contribution in [2.45, 2.75) is 58.3 Å². The number of para-hydroxylation sites is 2. The van der Waals surface area contributed by atoms with Gasteiger partial charge in [0, 0.05) is 46.7 Å². The summed E-state index contributed by atoms with van der Waals surface area (Å²) in [5.74, 6) is -4.13. The maximum absolute atomic E-state index is 13.9. The Kier molecular flexibility index (Phi) is 16.4. The summed E-state index contributed by atoms with van der Waals surface area (Å²) in [5.41, 5.74) is 5.04.